The van der Waals surface area contributed by atoms with Gasteiger partial charge < -0.3 is 4.74 Å². The lowest BCUT2D eigenvalue weighted by atomic mass is 10.2. The number of carbonyl (C=O) groups excluding carboxylic acids is 1. The fraction of sp³-hybridized carbons (Fsp3) is 0.231. The fourth-order valence-electron chi connectivity index (χ4n) is 1.75. The molecule has 0 saturated heterocycles. The molecule has 0 bridgehead atoms. The average molecular weight is 299 g/mol. The second-order valence-corrected chi connectivity index (χ2v) is 4.81. The van der Waals surface area contributed by atoms with Crippen molar-refractivity contribution in [3.8, 4) is 5.75 Å². The van der Waals surface area contributed by atoms with E-state index in [1.54, 1.807) is 29.9 Å². The van der Waals surface area contributed by atoms with Crippen LogP contribution in [-0.4, -0.2) is 16.1 Å². The van der Waals surface area contributed by atoms with Gasteiger partial charge in [-0.15, -0.1) is 0 Å². The van der Waals surface area contributed by atoms with E-state index in [1.807, 2.05) is 6.92 Å². The lowest BCUT2D eigenvalue weighted by Crippen LogP contribution is -2.00. The Morgan fingerprint density at radius 1 is 1.42 bits per heavy atom. The Labute approximate surface area is 120 Å². The molecule has 19 heavy (non-hydrogen) atoms. The maximum absolute atomic E-state index is 10.9. The van der Waals surface area contributed by atoms with E-state index in [-0.39, 0.29) is 6.61 Å². The lowest BCUT2D eigenvalue weighted by Gasteiger charge is -2.10. The number of halogens is 2. The summed E-state index contributed by atoms with van der Waals surface area (Å²) in [4.78, 5) is 10.9. The number of carbonyl (C=O) groups is 1. The summed E-state index contributed by atoms with van der Waals surface area (Å²) in [6.45, 7) is 2.06. The highest BCUT2D eigenvalue weighted by Gasteiger charge is 2.14. The van der Waals surface area contributed by atoms with Crippen LogP contribution >= 0.6 is 23.2 Å². The largest absolute Gasteiger partial charge is 0.486 e. The summed E-state index contributed by atoms with van der Waals surface area (Å²) in [6, 6.07) is 5.01. The number of aromatic nitrogens is 2. The van der Waals surface area contributed by atoms with Crippen LogP contribution in [-0.2, 0) is 13.7 Å². The molecular weight excluding hydrogens is 287 g/mol. The molecule has 0 aliphatic rings. The van der Waals surface area contributed by atoms with Crippen LogP contribution in [0.15, 0.2) is 18.2 Å². The van der Waals surface area contributed by atoms with Gasteiger partial charge in [-0.05, 0) is 19.1 Å². The van der Waals surface area contributed by atoms with Crippen LogP contribution in [0.2, 0.25) is 10.2 Å². The highest BCUT2D eigenvalue weighted by Crippen LogP contribution is 2.29. The number of aryl methyl sites for hydroxylation is 2. The molecule has 1 heterocycles. The van der Waals surface area contributed by atoms with Crippen molar-refractivity contribution in [2.45, 2.75) is 13.5 Å². The van der Waals surface area contributed by atoms with Gasteiger partial charge in [-0.3, -0.25) is 9.48 Å². The van der Waals surface area contributed by atoms with Crippen molar-refractivity contribution in [2.75, 3.05) is 0 Å². The summed E-state index contributed by atoms with van der Waals surface area (Å²) >= 11 is 12.1. The van der Waals surface area contributed by atoms with Gasteiger partial charge >= 0.3 is 0 Å². The molecule has 100 valence electrons. The van der Waals surface area contributed by atoms with E-state index in [9.17, 15) is 4.79 Å². The van der Waals surface area contributed by atoms with Gasteiger partial charge in [0, 0.05) is 12.6 Å². The third kappa shape index (κ3) is 2.74. The van der Waals surface area contributed by atoms with Crippen molar-refractivity contribution < 1.29 is 9.53 Å². The van der Waals surface area contributed by atoms with E-state index in [2.05, 4.69) is 5.10 Å². The van der Waals surface area contributed by atoms with Crippen LogP contribution in [0, 0.1) is 6.92 Å². The van der Waals surface area contributed by atoms with Gasteiger partial charge in [0.2, 0.25) is 0 Å². The van der Waals surface area contributed by atoms with Crippen molar-refractivity contribution in [1.82, 2.24) is 9.78 Å². The number of aldehydes is 1. The number of para-hydroxylation sites is 1. The second kappa shape index (κ2) is 5.63. The average Bonchev–Trinajstić information content (AvgIpc) is 2.62. The maximum Gasteiger partial charge on any atom is 0.153 e. The number of hydrogen-bond donors (Lipinski definition) is 0. The van der Waals surface area contributed by atoms with Crippen LogP contribution in [0.1, 0.15) is 21.6 Å². The maximum atomic E-state index is 10.9. The fourth-order valence-corrected chi connectivity index (χ4v) is 2.22. The Bertz CT molecular complexity index is 623. The van der Waals surface area contributed by atoms with Crippen LogP contribution in [0.3, 0.4) is 0 Å². The first-order chi connectivity index (χ1) is 9.04. The van der Waals surface area contributed by atoms with Gasteiger partial charge in [-0.25, -0.2) is 0 Å². The Balaban J connectivity index is 2.26. The van der Waals surface area contributed by atoms with Gasteiger partial charge in [0.1, 0.15) is 17.5 Å². The summed E-state index contributed by atoms with van der Waals surface area (Å²) < 4.78 is 7.19. The minimum atomic E-state index is 0.211. The normalized spacial score (nSPS) is 10.5. The zero-order valence-corrected chi connectivity index (χ0v) is 12.0. The lowest BCUT2D eigenvalue weighted by molar-refractivity contribution is 0.111. The number of benzene rings is 1. The van der Waals surface area contributed by atoms with Crippen LogP contribution < -0.4 is 4.74 Å². The van der Waals surface area contributed by atoms with Gasteiger partial charge in [-0.2, -0.15) is 5.10 Å². The number of rotatable bonds is 4. The SMILES string of the molecule is Cc1nn(C)c(Cl)c1COc1c(Cl)cccc1C=O. The Hall–Kier alpha value is -1.52. The van der Waals surface area contributed by atoms with Crippen molar-refractivity contribution in [3.05, 3.63) is 45.2 Å². The van der Waals surface area contributed by atoms with Crippen LogP contribution in [0.5, 0.6) is 5.75 Å². The van der Waals surface area contributed by atoms with Gasteiger partial charge in [-0.1, -0.05) is 29.3 Å². The predicted molar refractivity (Wildman–Crippen MR) is 74.1 cm³/mol. The summed E-state index contributed by atoms with van der Waals surface area (Å²) in [7, 11) is 1.76. The molecule has 0 N–H and O–H groups in total. The molecule has 0 unspecified atom stereocenters. The molecule has 1 aromatic carbocycles. The molecule has 0 amide bonds. The van der Waals surface area contributed by atoms with E-state index in [1.165, 1.54) is 0 Å². The summed E-state index contributed by atoms with van der Waals surface area (Å²) in [5.41, 5.74) is 1.97. The first-order valence-corrected chi connectivity index (χ1v) is 6.34. The third-order valence-electron chi connectivity index (χ3n) is 2.76. The van der Waals surface area contributed by atoms with Crippen molar-refractivity contribution in [1.29, 1.82) is 0 Å². The second-order valence-electron chi connectivity index (χ2n) is 4.04. The first-order valence-electron chi connectivity index (χ1n) is 5.59. The molecule has 0 radical (unpaired) electrons. The monoisotopic (exact) mass is 298 g/mol. The van der Waals surface area contributed by atoms with Crippen LogP contribution in [0.25, 0.3) is 0 Å². The zero-order chi connectivity index (χ0) is 14.0. The molecule has 2 aromatic rings. The van der Waals surface area contributed by atoms with Crippen molar-refractivity contribution in [2.24, 2.45) is 7.05 Å². The summed E-state index contributed by atoms with van der Waals surface area (Å²) in [6.07, 6.45) is 0.707. The smallest absolute Gasteiger partial charge is 0.153 e. The molecule has 0 spiro atoms. The summed E-state index contributed by atoms with van der Waals surface area (Å²) in [5, 5.41) is 5.09. The van der Waals surface area contributed by atoms with Crippen LogP contribution in [0.4, 0.5) is 0 Å². The minimum absolute atomic E-state index is 0.211. The first kappa shape index (κ1) is 13.9. The van der Waals surface area contributed by atoms with E-state index in [0.717, 1.165) is 11.3 Å². The highest BCUT2D eigenvalue weighted by atomic mass is 35.5. The van der Waals surface area contributed by atoms with Crippen molar-refractivity contribution in [3.63, 3.8) is 0 Å². The van der Waals surface area contributed by atoms with Gasteiger partial charge in [0.05, 0.1) is 16.3 Å². The predicted octanol–water partition coefficient (Wildman–Crippen LogP) is 3.43. The van der Waals surface area contributed by atoms with Gasteiger partial charge in [0.25, 0.3) is 0 Å². The highest BCUT2D eigenvalue weighted by molar-refractivity contribution is 6.32. The van der Waals surface area contributed by atoms with E-state index in [4.69, 9.17) is 27.9 Å². The molecule has 1 aromatic heterocycles. The number of hydrogen-bond acceptors (Lipinski definition) is 3. The quantitative estimate of drug-likeness (QED) is 0.812. The Morgan fingerprint density at radius 3 is 2.74 bits per heavy atom. The number of nitrogens with zero attached hydrogens (tertiary/aromatic N) is 2. The molecule has 4 nitrogen and oxygen atoms in total. The Morgan fingerprint density at radius 2 is 2.16 bits per heavy atom. The standard InChI is InChI=1S/C13H12Cl2N2O2/c1-8-10(13(15)17(2)16-8)7-19-12-9(6-18)4-3-5-11(12)14/h3-6H,7H2,1-2H3. The molecular formula is C13H12Cl2N2O2. The van der Waals surface area contributed by atoms with E-state index >= 15 is 0 Å². The molecule has 0 aliphatic heterocycles. The molecule has 0 fully saturated rings. The topological polar surface area (TPSA) is 44.1 Å². The molecule has 0 aliphatic carbocycles. The number of ether oxygens (including phenoxy) is 1. The molecule has 2 rings (SSSR count). The van der Waals surface area contributed by atoms with Gasteiger partial charge in [0.15, 0.2) is 6.29 Å². The molecule has 6 heteroatoms. The summed E-state index contributed by atoms with van der Waals surface area (Å²) in [5.74, 6) is 0.360. The zero-order valence-electron chi connectivity index (χ0n) is 10.5. The minimum Gasteiger partial charge on any atom is -0.486 e. The third-order valence-corrected chi connectivity index (χ3v) is 3.53. The van der Waals surface area contributed by atoms with Crippen molar-refractivity contribution >= 4 is 29.5 Å². The molecule has 0 saturated carbocycles. The molecule has 0 atom stereocenters. The van der Waals surface area contributed by atoms with E-state index in [0.29, 0.717) is 27.8 Å². The Kier molecular flexibility index (Phi) is 4.12. The van der Waals surface area contributed by atoms with E-state index < -0.39 is 0 Å².